The smallest absolute Gasteiger partial charge is 0.277 e. The van der Waals surface area contributed by atoms with Crippen LogP contribution in [-0.4, -0.2) is 18.7 Å². The van der Waals surface area contributed by atoms with Crippen LogP contribution < -0.4 is 10.2 Å². The molecule has 0 unspecified atom stereocenters. The van der Waals surface area contributed by atoms with Crippen LogP contribution in [0.1, 0.15) is 16.7 Å². The van der Waals surface area contributed by atoms with Gasteiger partial charge in [0.05, 0.1) is 6.21 Å². The Balaban J connectivity index is 1.81. The minimum atomic E-state index is -0.363. The number of benzene rings is 2. The van der Waals surface area contributed by atoms with E-state index in [2.05, 4.69) is 10.5 Å². The molecule has 0 aliphatic carbocycles. The van der Waals surface area contributed by atoms with Gasteiger partial charge in [0.15, 0.2) is 6.61 Å². The third-order valence-electron chi connectivity index (χ3n) is 2.96. The van der Waals surface area contributed by atoms with Gasteiger partial charge in [-0.25, -0.2) is 9.82 Å². The van der Waals surface area contributed by atoms with Gasteiger partial charge >= 0.3 is 0 Å². The Hall–Kier alpha value is -2.69. The molecule has 0 saturated heterocycles. The van der Waals surface area contributed by atoms with Crippen molar-refractivity contribution in [1.29, 1.82) is 0 Å². The summed E-state index contributed by atoms with van der Waals surface area (Å²) in [5.74, 6) is -0.00958. The maximum Gasteiger partial charge on any atom is 0.277 e. The van der Waals surface area contributed by atoms with Crippen molar-refractivity contribution in [2.24, 2.45) is 5.10 Å². The van der Waals surface area contributed by atoms with E-state index in [4.69, 9.17) is 4.74 Å². The van der Waals surface area contributed by atoms with Gasteiger partial charge in [-0.05, 0) is 43.2 Å². The van der Waals surface area contributed by atoms with E-state index in [1.54, 1.807) is 12.1 Å². The number of carbonyl (C=O) groups is 1. The van der Waals surface area contributed by atoms with Crippen molar-refractivity contribution in [3.63, 3.8) is 0 Å². The fourth-order valence-electron chi connectivity index (χ4n) is 1.86. The second-order valence-corrected chi connectivity index (χ2v) is 4.90. The molecule has 0 atom stereocenters. The summed E-state index contributed by atoms with van der Waals surface area (Å²) in [5, 5.41) is 3.79. The highest BCUT2D eigenvalue weighted by molar-refractivity contribution is 5.82. The van der Waals surface area contributed by atoms with Gasteiger partial charge in [-0.1, -0.05) is 29.8 Å². The van der Waals surface area contributed by atoms with Crippen molar-refractivity contribution >= 4 is 12.1 Å². The Bertz CT molecular complexity index is 682. The summed E-state index contributed by atoms with van der Waals surface area (Å²) in [6, 6.07) is 11.5. The average Bonchev–Trinajstić information content (AvgIpc) is 2.48. The van der Waals surface area contributed by atoms with Gasteiger partial charge in [-0.3, -0.25) is 4.79 Å². The van der Waals surface area contributed by atoms with Crippen LogP contribution in [0.2, 0.25) is 0 Å². The maximum absolute atomic E-state index is 12.7. The highest BCUT2D eigenvalue weighted by atomic mass is 19.1. The van der Waals surface area contributed by atoms with Crippen molar-refractivity contribution in [3.05, 3.63) is 65.0 Å². The SMILES string of the molecule is Cc1ccc(OCC(=O)NN=Cc2ccc(F)cc2)c(C)c1. The average molecular weight is 300 g/mol. The molecule has 0 aliphatic heterocycles. The highest BCUT2D eigenvalue weighted by Gasteiger charge is 2.04. The lowest BCUT2D eigenvalue weighted by Crippen LogP contribution is -2.24. The van der Waals surface area contributed by atoms with Crippen molar-refractivity contribution in [1.82, 2.24) is 5.43 Å². The van der Waals surface area contributed by atoms with Gasteiger partial charge in [0, 0.05) is 0 Å². The van der Waals surface area contributed by atoms with Crippen LogP contribution in [-0.2, 0) is 4.79 Å². The first-order valence-corrected chi connectivity index (χ1v) is 6.82. The monoisotopic (exact) mass is 300 g/mol. The number of hydrazone groups is 1. The van der Waals surface area contributed by atoms with Gasteiger partial charge in [0.1, 0.15) is 11.6 Å². The van der Waals surface area contributed by atoms with Gasteiger partial charge < -0.3 is 4.74 Å². The molecule has 0 spiro atoms. The van der Waals surface area contributed by atoms with Crippen LogP contribution in [0.25, 0.3) is 0 Å². The van der Waals surface area contributed by atoms with Crippen LogP contribution in [0.5, 0.6) is 5.75 Å². The normalized spacial score (nSPS) is 10.7. The lowest BCUT2D eigenvalue weighted by atomic mass is 10.1. The molecule has 0 saturated carbocycles. The Labute approximate surface area is 128 Å². The summed E-state index contributed by atoms with van der Waals surface area (Å²) in [6.45, 7) is 3.80. The lowest BCUT2D eigenvalue weighted by Gasteiger charge is -2.08. The first kappa shape index (κ1) is 15.7. The van der Waals surface area contributed by atoms with E-state index >= 15 is 0 Å². The molecule has 1 N–H and O–H groups in total. The molecule has 114 valence electrons. The molecule has 0 fully saturated rings. The number of hydrogen-bond donors (Lipinski definition) is 1. The Kier molecular flexibility index (Phi) is 5.25. The van der Waals surface area contributed by atoms with Crippen LogP contribution >= 0.6 is 0 Å². The standard InChI is InChI=1S/C17H17FN2O2/c1-12-3-8-16(13(2)9-12)22-11-17(21)20-19-10-14-4-6-15(18)7-5-14/h3-10H,11H2,1-2H3,(H,20,21). The largest absolute Gasteiger partial charge is 0.483 e. The van der Waals surface area contributed by atoms with Gasteiger partial charge in [0.2, 0.25) is 0 Å². The summed E-state index contributed by atoms with van der Waals surface area (Å²) in [5.41, 5.74) is 5.16. The molecular weight excluding hydrogens is 283 g/mol. The third kappa shape index (κ3) is 4.70. The summed E-state index contributed by atoms with van der Waals surface area (Å²) < 4.78 is 18.2. The zero-order valence-corrected chi connectivity index (χ0v) is 12.5. The first-order chi connectivity index (χ1) is 10.5. The van der Waals surface area contributed by atoms with E-state index in [9.17, 15) is 9.18 Å². The number of nitrogens with zero attached hydrogens (tertiary/aromatic N) is 1. The minimum absolute atomic E-state index is 0.120. The molecule has 0 aromatic heterocycles. The number of aryl methyl sites for hydroxylation is 2. The molecular formula is C17H17FN2O2. The number of carbonyl (C=O) groups excluding carboxylic acids is 1. The van der Waals surface area contributed by atoms with Crippen LogP contribution in [0.4, 0.5) is 4.39 Å². The van der Waals surface area contributed by atoms with E-state index in [0.29, 0.717) is 11.3 Å². The predicted octanol–water partition coefficient (Wildman–Crippen LogP) is 2.97. The summed E-state index contributed by atoms with van der Waals surface area (Å²) in [6.07, 6.45) is 1.44. The second-order valence-electron chi connectivity index (χ2n) is 4.90. The second kappa shape index (κ2) is 7.36. The van der Waals surface area contributed by atoms with E-state index in [0.717, 1.165) is 11.1 Å². The molecule has 0 bridgehead atoms. The quantitative estimate of drug-likeness (QED) is 0.682. The van der Waals surface area contributed by atoms with E-state index in [1.807, 2.05) is 32.0 Å². The number of amides is 1. The maximum atomic E-state index is 12.7. The predicted molar refractivity (Wildman–Crippen MR) is 83.5 cm³/mol. The summed E-state index contributed by atoms with van der Waals surface area (Å²) >= 11 is 0. The first-order valence-electron chi connectivity index (χ1n) is 6.82. The van der Waals surface area contributed by atoms with E-state index in [-0.39, 0.29) is 18.3 Å². The molecule has 2 rings (SSSR count). The topological polar surface area (TPSA) is 50.7 Å². The molecule has 5 heteroatoms. The molecule has 0 radical (unpaired) electrons. The molecule has 0 aliphatic rings. The molecule has 2 aromatic rings. The molecule has 22 heavy (non-hydrogen) atoms. The zero-order chi connectivity index (χ0) is 15.9. The van der Waals surface area contributed by atoms with Crippen LogP contribution in [0.15, 0.2) is 47.6 Å². The highest BCUT2D eigenvalue weighted by Crippen LogP contribution is 2.18. The van der Waals surface area contributed by atoms with Crippen molar-refractivity contribution in [3.8, 4) is 5.75 Å². The molecule has 4 nitrogen and oxygen atoms in total. The summed E-state index contributed by atoms with van der Waals surface area (Å²) in [7, 11) is 0. The third-order valence-corrected chi connectivity index (χ3v) is 2.96. The number of rotatable bonds is 5. The number of halogens is 1. The van der Waals surface area contributed by atoms with Crippen molar-refractivity contribution in [2.75, 3.05) is 6.61 Å². The lowest BCUT2D eigenvalue weighted by molar-refractivity contribution is -0.123. The Morgan fingerprint density at radius 1 is 1.23 bits per heavy atom. The molecule has 0 heterocycles. The minimum Gasteiger partial charge on any atom is -0.483 e. The number of hydrogen-bond acceptors (Lipinski definition) is 3. The molecule has 2 aromatic carbocycles. The van der Waals surface area contributed by atoms with Crippen LogP contribution in [0.3, 0.4) is 0 Å². The van der Waals surface area contributed by atoms with E-state index in [1.165, 1.54) is 18.3 Å². The summed E-state index contributed by atoms with van der Waals surface area (Å²) in [4.78, 5) is 11.6. The van der Waals surface area contributed by atoms with Gasteiger partial charge in [0.25, 0.3) is 5.91 Å². The zero-order valence-electron chi connectivity index (χ0n) is 12.5. The van der Waals surface area contributed by atoms with Gasteiger partial charge in [-0.15, -0.1) is 0 Å². The number of nitrogens with one attached hydrogen (secondary N) is 1. The fraction of sp³-hybridized carbons (Fsp3) is 0.176. The molecule has 1 amide bonds. The Morgan fingerprint density at radius 3 is 2.64 bits per heavy atom. The van der Waals surface area contributed by atoms with Crippen molar-refractivity contribution < 1.29 is 13.9 Å². The van der Waals surface area contributed by atoms with Crippen LogP contribution in [0, 0.1) is 19.7 Å². The van der Waals surface area contributed by atoms with Gasteiger partial charge in [-0.2, -0.15) is 5.10 Å². The number of ether oxygens (including phenoxy) is 1. The van der Waals surface area contributed by atoms with E-state index < -0.39 is 0 Å². The Morgan fingerprint density at radius 2 is 1.95 bits per heavy atom. The fourth-order valence-corrected chi connectivity index (χ4v) is 1.86. The van der Waals surface area contributed by atoms with Crippen molar-refractivity contribution in [2.45, 2.75) is 13.8 Å².